The maximum atomic E-state index is 13.0. The molecule has 6 fully saturated rings. The van der Waals surface area contributed by atoms with E-state index in [0.717, 1.165) is 128 Å². The molecule has 40 nitrogen and oxygen atoms in total. The van der Waals surface area contributed by atoms with Crippen molar-refractivity contribution in [1.82, 2.24) is 68.9 Å². The van der Waals surface area contributed by atoms with Crippen LogP contribution in [0.5, 0.6) is 0 Å². The molecular formula is C87H110N20O20S3. The van der Waals surface area contributed by atoms with Gasteiger partial charge in [0.15, 0.2) is 33.6 Å². The van der Waals surface area contributed by atoms with Gasteiger partial charge < -0.3 is 88.6 Å². The van der Waals surface area contributed by atoms with Crippen LogP contribution in [0.15, 0.2) is 143 Å². The van der Waals surface area contributed by atoms with Crippen LogP contribution in [0.25, 0.3) is 50.5 Å². The Bertz CT molecular complexity index is 5960. The number of aliphatic hydroxyl groups is 6. The van der Waals surface area contributed by atoms with Gasteiger partial charge in [0, 0.05) is 140 Å². The SMILES string of the molecule is CO[C@H]1O[C@H](Cn2cc(CNS(=O)(=O)/C(C#N)=C/c3ccc4cc(N5CCN(C)CC5)ccc4c3)nn2)[C@@H](O)[C@H](O)[C@H]1C.CO[C@H]1O[C@H](Cn2cc(CNS(=O)(=O)/C(C#N)=C/c3ccc4cc(N5CCOCC5)ccc4c3)nn2)[C@@H](O)[C@H](O)[C@H]1C.CO[C@H]1O[C@H](Cn2cc(CNS(=O)(=O)/C(C#N)=C/c3ccc4cc(NCCN5CCOCC5)ccc4c3)nn2)[C@@H](O)[C@H](O)[C@H]1C. The fourth-order valence-corrected chi connectivity index (χ4v) is 18.6. The topological polar surface area (TPSA) is 522 Å². The van der Waals surface area contributed by atoms with Crippen LogP contribution in [0.4, 0.5) is 17.1 Å². The summed E-state index contributed by atoms with van der Waals surface area (Å²) in [6.07, 6.45) is -2.68. The van der Waals surface area contributed by atoms with Gasteiger partial charge in [-0.05, 0) is 129 Å². The van der Waals surface area contributed by atoms with Crippen molar-refractivity contribution in [2.75, 3.05) is 135 Å². The summed E-state index contributed by atoms with van der Waals surface area (Å²) in [5.74, 6) is -1.27. The van der Waals surface area contributed by atoms with Gasteiger partial charge in [-0.3, -0.25) is 4.90 Å². The molecule has 3 aromatic heterocycles. The van der Waals surface area contributed by atoms with Crippen LogP contribution in [0.3, 0.4) is 0 Å². The van der Waals surface area contributed by atoms with Crippen LogP contribution in [-0.4, -0.2) is 305 Å². The summed E-state index contributed by atoms with van der Waals surface area (Å²) in [7, 11) is -5.99. The lowest BCUT2D eigenvalue weighted by atomic mass is 9.92. The average molecular weight is 1850 g/mol. The first-order valence-corrected chi connectivity index (χ1v) is 46.9. The third kappa shape index (κ3) is 24.7. The number of ether oxygens (including phenoxy) is 8. The number of rotatable bonds is 30. The average Bonchev–Trinajstić information content (AvgIpc) is 1.69. The fourth-order valence-electron chi connectivity index (χ4n) is 15.9. The Labute approximate surface area is 753 Å². The van der Waals surface area contributed by atoms with E-state index in [9.17, 15) is 71.7 Å². The first kappa shape index (κ1) is 97.2. The van der Waals surface area contributed by atoms with E-state index in [-0.39, 0.29) is 39.3 Å². The Morgan fingerprint density at radius 2 is 0.762 bits per heavy atom. The van der Waals surface area contributed by atoms with E-state index in [1.165, 1.54) is 72.2 Å². The highest BCUT2D eigenvalue weighted by Gasteiger charge is 2.46. The number of aromatic nitrogens is 9. The Balaban J connectivity index is 0.000000166. The molecule has 15 atom stereocenters. The maximum absolute atomic E-state index is 13.0. The van der Waals surface area contributed by atoms with Crippen molar-refractivity contribution in [3.63, 3.8) is 0 Å². The van der Waals surface area contributed by atoms with Crippen LogP contribution in [0.1, 0.15) is 54.5 Å². The van der Waals surface area contributed by atoms with E-state index >= 15 is 0 Å². The summed E-state index contributed by atoms with van der Waals surface area (Å²) < 4.78 is 133. The summed E-state index contributed by atoms with van der Waals surface area (Å²) >= 11 is 0. The number of aliphatic hydroxyl groups excluding tert-OH is 6. The first-order valence-electron chi connectivity index (χ1n) is 42.5. The van der Waals surface area contributed by atoms with Crippen molar-refractivity contribution in [2.24, 2.45) is 17.8 Å². The summed E-state index contributed by atoms with van der Waals surface area (Å²) in [4.78, 5) is 7.97. The van der Waals surface area contributed by atoms with Crippen molar-refractivity contribution in [2.45, 2.75) is 134 Å². The van der Waals surface area contributed by atoms with Crippen LogP contribution in [0.2, 0.25) is 0 Å². The summed E-state index contributed by atoms with van der Waals surface area (Å²) in [5, 5.41) is 124. The van der Waals surface area contributed by atoms with Crippen LogP contribution >= 0.6 is 0 Å². The van der Waals surface area contributed by atoms with Gasteiger partial charge in [-0.15, -0.1) is 15.3 Å². The van der Waals surface area contributed by atoms with Crippen molar-refractivity contribution < 1.29 is 93.8 Å². The molecule has 0 saturated carbocycles. The van der Waals surface area contributed by atoms with Crippen LogP contribution in [0, 0.1) is 51.7 Å². The zero-order valence-corrected chi connectivity index (χ0v) is 75.4. The molecule has 0 unspecified atom stereocenters. The van der Waals surface area contributed by atoms with Gasteiger partial charge >= 0.3 is 0 Å². The van der Waals surface area contributed by atoms with Crippen molar-refractivity contribution in [3.8, 4) is 18.2 Å². The predicted octanol–water partition coefficient (Wildman–Crippen LogP) is 2.77. The standard InChI is InChI=1S/C30H39N7O7S.C29H37N7O6S.C28H34N6O7S/c1-20-28(38)29(39)27(44-30(20)42-2)19-37-18-25(34-35-37)17-33-45(40,41)26(16-31)14-21-3-4-23-15-24(6-5-22(23)13-21)32-7-8-36-9-11-43-12-10-36;1-19-27(37)28(38)26(42-29(19)41-3)18-36-17-23(32-33-36)16-31-43(39,40)25(15-30)13-20-4-5-22-14-24(7-6-21(22)12-20)35-10-8-34(2)9-11-35;1-18-26(35)27(36)25(41-28(18)39-2)17-34-16-22(31-32-34)15-30-42(37,38)24(14-29)12-19-3-4-21-13-23(6-5-20(21)11-19)33-7-9-40-10-8-33/h3-6,13-15,18,20,27-30,32-33,38-39H,7-12,17,19H2,1-2H3;4-7,12-14,17,19,26-29,31,37-38H,8-11,16,18H2,1-3H3;3-6,11-13,16,18,25-28,30,35-36H,7-10,15,17H2,1-2H3/b26-14+;25-13+;24-12+/t20-,27-,28-,29-,30+;19-,26-,27-,28-,29+;18-,25-,26-,27-,28+/m111/s1. The van der Waals surface area contributed by atoms with Gasteiger partial charge in [0.1, 0.15) is 54.8 Å². The second-order valence-electron chi connectivity index (χ2n) is 32.7. The second kappa shape index (κ2) is 44.3. The lowest BCUT2D eigenvalue weighted by Gasteiger charge is -2.40. The van der Waals surface area contributed by atoms with E-state index < -0.39 is 136 Å². The number of piperazine rings is 1. The smallest absolute Gasteiger partial charge is 0.251 e. The molecule has 6 aromatic carbocycles. The van der Waals surface area contributed by atoms with Gasteiger partial charge in [-0.2, -0.15) is 15.8 Å². The van der Waals surface area contributed by atoms with Gasteiger partial charge in [0.2, 0.25) is 0 Å². The predicted molar refractivity (Wildman–Crippen MR) is 479 cm³/mol. The quantitative estimate of drug-likeness (QED) is 0.0289. The van der Waals surface area contributed by atoms with Crippen molar-refractivity contribution in [1.29, 1.82) is 15.8 Å². The van der Waals surface area contributed by atoms with Crippen molar-refractivity contribution >= 4 is 97.7 Å². The molecule has 15 rings (SSSR count). The van der Waals surface area contributed by atoms with E-state index in [2.05, 4.69) is 95.3 Å². The number of likely N-dealkylation sites (N-methyl/N-ethyl adjacent to an activating group) is 1. The molecule has 6 aliphatic heterocycles. The van der Waals surface area contributed by atoms with Gasteiger partial charge in [-0.1, -0.05) is 91.0 Å². The number of anilines is 3. The Kier molecular flexibility index (Phi) is 33.1. The van der Waals surface area contributed by atoms with E-state index in [0.29, 0.717) is 47.0 Å². The highest BCUT2D eigenvalue weighted by molar-refractivity contribution is 7.94. The number of nitrogens with zero attached hydrogens (tertiary/aromatic N) is 16. The number of sulfonamides is 3. The molecule has 6 saturated heterocycles. The van der Waals surface area contributed by atoms with E-state index in [1.807, 2.05) is 72.8 Å². The Hall–Kier alpha value is -10.3. The molecule has 0 aliphatic carbocycles. The number of hydrogen-bond donors (Lipinski definition) is 10. The number of hydrogen-bond acceptors (Lipinski definition) is 34. The monoisotopic (exact) mass is 1850 g/mol. The normalized spacial score (nSPS) is 25.3. The Morgan fingerprint density at radius 1 is 0.438 bits per heavy atom. The second-order valence-corrected chi connectivity index (χ2v) is 37.9. The lowest BCUT2D eigenvalue weighted by Crippen LogP contribution is -2.55. The van der Waals surface area contributed by atoms with E-state index in [4.69, 9.17) is 37.9 Å². The van der Waals surface area contributed by atoms with Gasteiger partial charge in [0.25, 0.3) is 30.1 Å². The molecule has 9 aromatic rings. The number of morpholine rings is 2. The van der Waals surface area contributed by atoms with Crippen molar-refractivity contribution in [3.05, 3.63) is 176 Å². The Morgan fingerprint density at radius 3 is 1.12 bits per heavy atom. The minimum Gasteiger partial charge on any atom is -0.390 e. The third-order valence-electron chi connectivity index (χ3n) is 23.7. The summed E-state index contributed by atoms with van der Waals surface area (Å²) in [6.45, 7) is 16.9. The molecule has 6 aliphatic rings. The molecule has 0 radical (unpaired) electrons. The third-order valence-corrected chi connectivity index (χ3v) is 27.6. The summed E-state index contributed by atoms with van der Waals surface area (Å²) in [5.41, 5.74) is 5.86. The summed E-state index contributed by atoms with van der Waals surface area (Å²) in [6, 6.07) is 40.2. The lowest BCUT2D eigenvalue weighted by molar-refractivity contribution is -0.272. The van der Waals surface area contributed by atoms with Crippen LogP contribution in [-0.2, 0) is 107 Å². The van der Waals surface area contributed by atoms with Gasteiger partial charge in [-0.25, -0.2) is 53.5 Å². The van der Waals surface area contributed by atoms with E-state index in [1.54, 1.807) is 57.2 Å². The van der Waals surface area contributed by atoms with Crippen LogP contribution < -0.4 is 29.3 Å². The number of nitriles is 3. The minimum absolute atomic E-state index is 0.0574. The number of methoxy groups -OCH3 is 3. The largest absolute Gasteiger partial charge is 0.390 e. The molecular weight excluding hydrogens is 1740 g/mol. The maximum Gasteiger partial charge on any atom is 0.251 e. The highest BCUT2D eigenvalue weighted by Crippen LogP contribution is 2.34. The molecule has 43 heteroatoms. The molecule has 0 amide bonds. The zero-order valence-electron chi connectivity index (χ0n) is 72.9. The van der Waals surface area contributed by atoms with Gasteiger partial charge in [0.05, 0.1) is 101 Å². The fraction of sp³-hybridized carbons (Fsp3) is 0.483. The number of allylic oxidation sites excluding steroid dienone is 3. The number of nitrogens with one attached hydrogen (secondary N) is 4. The molecule has 10 N–H and O–H groups in total. The molecule has 130 heavy (non-hydrogen) atoms. The number of benzene rings is 6. The molecule has 9 heterocycles. The molecule has 696 valence electrons. The molecule has 0 spiro atoms. The highest BCUT2D eigenvalue weighted by atomic mass is 32.2. The zero-order chi connectivity index (χ0) is 92.6. The minimum atomic E-state index is -4.16. The first-order chi connectivity index (χ1) is 62.4. The number of fused-ring (bicyclic) bond motifs is 3. The molecule has 0 bridgehead atoms.